The molecule has 0 spiro atoms. The molecule has 0 aliphatic carbocycles. The lowest BCUT2D eigenvalue weighted by atomic mass is 9.99. The van der Waals surface area contributed by atoms with Crippen LogP contribution in [0.5, 0.6) is 11.5 Å². The van der Waals surface area contributed by atoms with Gasteiger partial charge in [0.15, 0.2) is 19.7 Å². The van der Waals surface area contributed by atoms with Gasteiger partial charge in [0.25, 0.3) is 0 Å². The molecule has 0 fully saturated rings. The molecule has 0 saturated carbocycles. The number of hydrogen-bond donors (Lipinski definition) is 3. The van der Waals surface area contributed by atoms with E-state index in [9.17, 15) is 21.9 Å². The average Bonchev–Trinajstić information content (AvgIpc) is 3.87. The Morgan fingerprint density at radius 1 is 0.615 bits per heavy atom. The minimum Gasteiger partial charge on any atom is -0.506 e. The van der Waals surface area contributed by atoms with Gasteiger partial charge in [0.05, 0.1) is 38.9 Å². The van der Waals surface area contributed by atoms with Gasteiger partial charge in [0.2, 0.25) is 0 Å². The monoisotopic (exact) mass is 918 g/mol. The standard InChI is InChI=1S/C25H29N3O3S.C20H18N2O3S.C6H15N/c1-5-32(29,30)19-9-6-8-18(15-19)20-10-11-22(31-13-7-12-28(3)4)24-23(20)21-14-17(2)16-26-25(21)27-24;1-3-26(24,25)14-6-4-5-13(10-14)15-7-8-17(23)19-18(15)16-9-12(2)11-21-20(16)22-19;1-4-5-6-7(2)3/h6,8-11,14-16H,5,7,12-13H2,1-4H3,(H,26,27);4-11,23H,3H2,1-2H3,(H,21,22);4-6H2,1-3H3. The number of H-pyrrole nitrogens is 2. The number of hydrogen-bond acceptors (Lipinski definition) is 10. The van der Waals surface area contributed by atoms with Crippen molar-refractivity contribution in [2.24, 2.45) is 0 Å². The molecule has 0 amide bonds. The van der Waals surface area contributed by atoms with Gasteiger partial charge in [0.1, 0.15) is 22.8 Å². The molecule has 0 aliphatic heterocycles. The van der Waals surface area contributed by atoms with Crippen molar-refractivity contribution in [1.82, 2.24) is 29.7 Å². The summed E-state index contributed by atoms with van der Waals surface area (Å²) < 4.78 is 55.6. The Morgan fingerprint density at radius 3 is 1.57 bits per heavy atom. The smallest absolute Gasteiger partial charge is 0.178 e. The second kappa shape index (κ2) is 21.0. The van der Waals surface area contributed by atoms with Gasteiger partial charge in [-0.3, -0.25) is 0 Å². The minimum atomic E-state index is -3.30. The molecule has 0 bridgehead atoms. The third-order valence-corrected chi connectivity index (χ3v) is 14.6. The molecule has 14 heteroatoms. The Bertz CT molecular complexity index is 3160. The van der Waals surface area contributed by atoms with Crippen molar-refractivity contribution in [3.8, 4) is 33.8 Å². The van der Waals surface area contributed by atoms with Crippen molar-refractivity contribution >= 4 is 63.5 Å². The average molecular weight is 919 g/mol. The van der Waals surface area contributed by atoms with Gasteiger partial charge in [-0.15, -0.1) is 0 Å². The van der Waals surface area contributed by atoms with Gasteiger partial charge in [-0.05, 0) is 155 Å². The maximum Gasteiger partial charge on any atom is 0.178 e. The van der Waals surface area contributed by atoms with Crippen molar-refractivity contribution in [3.05, 3.63) is 108 Å². The molecule has 8 aromatic rings. The molecule has 0 saturated heterocycles. The zero-order valence-electron chi connectivity index (χ0n) is 39.0. The number of aromatic hydroxyl groups is 1. The van der Waals surface area contributed by atoms with Crippen molar-refractivity contribution in [1.29, 1.82) is 0 Å². The van der Waals surface area contributed by atoms with Crippen LogP contribution in [0, 0.1) is 13.8 Å². The highest BCUT2D eigenvalue weighted by molar-refractivity contribution is 7.91. The topological polar surface area (TPSA) is 162 Å². The molecule has 65 heavy (non-hydrogen) atoms. The van der Waals surface area contributed by atoms with E-state index in [1.54, 1.807) is 62.5 Å². The van der Waals surface area contributed by atoms with Crippen LogP contribution in [-0.2, 0) is 19.7 Å². The molecule has 0 aliphatic rings. The van der Waals surface area contributed by atoms with Gasteiger partial charge in [0, 0.05) is 40.5 Å². The summed E-state index contributed by atoms with van der Waals surface area (Å²) in [6, 6.07) is 25.6. The Labute approximate surface area is 383 Å². The molecule has 0 atom stereocenters. The van der Waals surface area contributed by atoms with Crippen molar-refractivity contribution in [3.63, 3.8) is 0 Å². The lowest BCUT2D eigenvalue weighted by Gasteiger charge is -2.13. The molecular formula is C51H62N6O6S2. The third-order valence-electron chi connectivity index (χ3n) is 11.2. The highest BCUT2D eigenvalue weighted by atomic mass is 32.2. The van der Waals surface area contributed by atoms with Crippen molar-refractivity contribution < 1.29 is 26.7 Å². The maximum atomic E-state index is 12.5. The third kappa shape index (κ3) is 11.4. The Hall–Kier alpha value is -5.80. The predicted octanol–water partition coefficient (Wildman–Crippen LogP) is 10.4. The molecule has 0 unspecified atom stereocenters. The highest BCUT2D eigenvalue weighted by Gasteiger charge is 2.20. The van der Waals surface area contributed by atoms with Gasteiger partial charge in [-0.25, -0.2) is 26.8 Å². The quantitative estimate of drug-likeness (QED) is 0.0896. The number of sulfone groups is 2. The van der Waals surface area contributed by atoms with E-state index in [1.165, 1.54) is 19.4 Å². The predicted molar refractivity (Wildman–Crippen MR) is 267 cm³/mol. The van der Waals surface area contributed by atoms with Crippen LogP contribution >= 0.6 is 0 Å². The van der Waals surface area contributed by atoms with E-state index in [2.05, 4.69) is 56.8 Å². The lowest BCUT2D eigenvalue weighted by molar-refractivity contribution is 0.284. The van der Waals surface area contributed by atoms with Crippen LogP contribution < -0.4 is 4.74 Å². The van der Waals surface area contributed by atoms with E-state index < -0.39 is 19.7 Å². The van der Waals surface area contributed by atoms with Gasteiger partial charge in [-0.2, -0.15) is 0 Å². The van der Waals surface area contributed by atoms with Crippen molar-refractivity contribution in [2.75, 3.05) is 59.4 Å². The minimum absolute atomic E-state index is 0.0532. The number of aryl methyl sites for hydroxylation is 2. The number of nitrogens with one attached hydrogen (secondary N) is 2. The first-order valence-corrected chi connectivity index (χ1v) is 25.4. The molecule has 12 nitrogen and oxygen atoms in total. The zero-order valence-corrected chi connectivity index (χ0v) is 40.6. The first kappa shape index (κ1) is 48.7. The fourth-order valence-corrected chi connectivity index (χ4v) is 9.48. The molecule has 0 radical (unpaired) electrons. The van der Waals surface area contributed by atoms with Crippen LogP contribution in [0.3, 0.4) is 0 Å². The summed E-state index contributed by atoms with van der Waals surface area (Å²) in [4.78, 5) is 20.5. The van der Waals surface area contributed by atoms with Crippen LogP contribution in [0.1, 0.15) is 51.2 Å². The number of phenolic OH excluding ortho intramolecular Hbond substituents is 1. The summed E-state index contributed by atoms with van der Waals surface area (Å²) in [5.41, 5.74) is 8.46. The van der Waals surface area contributed by atoms with Crippen LogP contribution in [0.4, 0.5) is 0 Å². The summed E-state index contributed by atoms with van der Waals surface area (Å²) in [6.07, 6.45) is 7.16. The summed E-state index contributed by atoms with van der Waals surface area (Å²) in [6.45, 7) is 12.3. The van der Waals surface area contributed by atoms with Crippen molar-refractivity contribution in [2.45, 2.75) is 63.7 Å². The number of rotatable bonds is 14. The largest absolute Gasteiger partial charge is 0.506 e. The molecule has 4 aromatic heterocycles. The van der Waals surface area contributed by atoms with Gasteiger partial charge >= 0.3 is 0 Å². The number of nitrogens with zero attached hydrogens (tertiary/aromatic N) is 4. The van der Waals surface area contributed by atoms with Crippen LogP contribution in [0.25, 0.3) is 66.1 Å². The first-order valence-electron chi connectivity index (χ1n) is 22.1. The molecule has 344 valence electrons. The zero-order chi connectivity index (χ0) is 47.1. The Balaban J connectivity index is 0.000000191. The van der Waals surface area contributed by atoms with Gasteiger partial charge in [-0.1, -0.05) is 51.5 Å². The highest BCUT2D eigenvalue weighted by Crippen LogP contribution is 2.41. The van der Waals surface area contributed by atoms with E-state index in [1.807, 2.05) is 70.5 Å². The number of aromatic amines is 2. The van der Waals surface area contributed by atoms with Crippen LogP contribution in [-0.4, -0.2) is 111 Å². The molecule has 4 heterocycles. The molecule has 4 aromatic carbocycles. The number of aromatic nitrogens is 4. The summed E-state index contributed by atoms with van der Waals surface area (Å²) in [7, 11) is 1.72. The van der Waals surface area contributed by atoms with Gasteiger partial charge < -0.3 is 29.6 Å². The summed E-state index contributed by atoms with van der Waals surface area (Å²) >= 11 is 0. The fraction of sp³-hybridized carbons (Fsp3) is 0.333. The second-order valence-corrected chi connectivity index (χ2v) is 21.4. The summed E-state index contributed by atoms with van der Waals surface area (Å²) in [5, 5.41) is 14.0. The normalized spacial score (nSPS) is 11.9. The number of ether oxygens (including phenoxy) is 1. The Morgan fingerprint density at radius 2 is 1.09 bits per heavy atom. The molecule has 8 rings (SSSR count). The second-order valence-electron chi connectivity index (χ2n) is 16.8. The van der Waals surface area contributed by atoms with Crippen LogP contribution in [0.2, 0.25) is 0 Å². The lowest BCUT2D eigenvalue weighted by Crippen LogP contribution is -2.15. The number of fused-ring (bicyclic) bond motifs is 6. The van der Waals surface area contributed by atoms with E-state index >= 15 is 0 Å². The fourth-order valence-electron chi connectivity index (χ4n) is 7.63. The van der Waals surface area contributed by atoms with E-state index in [-0.39, 0.29) is 17.3 Å². The molecular weight excluding hydrogens is 857 g/mol. The maximum absolute atomic E-state index is 12.5. The number of pyridine rings is 2. The number of benzene rings is 4. The van der Waals surface area contributed by atoms with E-state index in [0.717, 1.165) is 84.8 Å². The van der Waals surface area contributed by atoms with E-state index in [0.29, 0.717) is 27.6 Å². The molecule has 3 N–H and O–H groups in total. The number of phenols is 1. The SMILES string of the molecule is CCCCN(C)C.CCS(=O)(=O)c1cccc(-c2ccc(O)c3[nH]c4ncc(C)cc4c23)c1.CCS(=O)(=O)c1cccc(-c2ccc(OCCCN(C)C)c3[nH]c4ncc(C)cc4c23)c1. The first-order chi connectivity index (χ1) is 31.0. The van der Waals surface area contributed by atoms with Crippen LogP contribution in [0.15, 0.2) is 107 Å². The van der Waals surface area contributed by atoms with E-state index in [4.69, 9.17) is 4.74 Å². The number of unbranched alkanes of at least 4 members (excludes halogenated alkanes) is 1. The summed E-state index contributed by atoms with van der Waals surface area (Å²) in [5.74, 6) is 1.03. The Kier molecular flexibility index (Phi) is 15.7.